The molecule has 0 unspecified atom stereocenters. The molecule has 0 saturated heterocycles. The van der Waals surface area contributed by atoms with E-state index in [-0.39, 0.29) is 5.56 Å². The monoisotopic (exact) mass is 410 g/mol. The Balaban J connectivity index is 2.29. The summed E-state index contributed by atoms with van der Waals surface area (Å²) in [6.07, 6.45) is 4.44. The molecule has 0 aliphatic carbocycles. The molecule has 0 spiro atoms. The Bertz CT molecular complexity index is 783. The zero-order valence-corrected chi connectivity index (χ0v) is 17.7. The van der Waals surface area contributed by atoms with Gasteiger partial charge in [-0.15, -0.1) is 23.5 Å². The molecular weight excluding hydrogens is 386 g/mol. The minimum Gasteiger partial charge on any atom is -0.317 e. The molecule has 0 saturated carbocycles. The quantitative estimate of drug-likeness (QED) is 0.589. The van der Waals surface area contributed by atoms with E-state index in [1.807, 2.05) is 13.2 Å². The SMILES string of the molecule is CSc1cc(C)nc(SC)c1NC(=O)C(F)(F)c1ccc(CC(C)C)cc1. The Kier molecular flexibility index (Phi) is 7.28. The Morgan fingerprint density at radius 2 is 1.81 bits per heavy atom. The van der Waals surface area contributed by atoms with E-state index >= 15 is 0 Å². The topological polar surface area (TPSA) is 42.0 Å². The van der Waals surface area contributed by atoms with E-state index in [0.29, 0.717) is 21.5 Å². The van der Waals surface area contributed by atoms with Crippen LogP contribution in [0.3, 0.4) is 0 Å². The normalized spacial score (nSPS) is 11.7. The lowest BCUT2D eigenvalue weighted by Crippen LogP contribution is -2.32. The van der Waals surface area contributed by atoms with Crippen LogP contribution in [0.15, 0.2) is 40.3 Å². The van der Waals surface area contributed by atoms with Crippen LogP contribution in [0.4, 0.5) is 14.5 Å². The average molecular weight is 411 g/mol. The molecule has 1 amide bonds. The highest BCUT2D eigenvalue weighted by atomic mass is 32.2. The highest BCUT2D eigenvalue weighted by Gasteiger charge is 2.41. The number of hydrogen-bond donors (Lipinski definition) is 1. The van der Waals surface area contributed by atoms with Gasteiger partial charge in [-0.3, -0.25) is 4.79 Å². The number of nitrogens with one attached hydrogen (secondary N) is 1. The molecule has 1 heterocycles. The molecule has 1 aromatic heterocycles. The summed E-state index contributed by atoms with van der Waals surface area (Å²) in [4.78, 5) is 17.5. The van der Waals surface area contributed by atoms with Gasteiger partial charge in [-0.2, -0.15) is 8.78 Å². The summed E-state index contributed by atoms with van der Waals surface area (Å²) >= 11 is 2.69. The van der Waals surface area contributed by atoms with E-state index in [1.54, 1.807) is 24.5 Å². The van der Waals surface area contributed by atoms with Crippen molar-refractivity contribution >= 4 is 35.1 Å². The van der Waals surface area contributed by atoms with E-state index in [9.17, 15) is 13.6 Å². The number of halogens is 2. The van der Waals surface area contributed by atoms with Gasteiger partial charge in [0.25, 0.3) is 5.91 Å². The number of hydrogen-bond acceptors (Lipinski definition) is 4. The number of carbonyl (C=O) groups is 1. The maximum atomic E-state index is 14.7. The van der Waals surface area contributed by atoms with Crippen molar-refractivity contribution in [1.82, 2.24) is 4.98 Å². The third kappa shape index (κ3) is 5.23. The first-order valence-corrected chi connectivity index (χ1v) is 11.0. The fraction of sp³-hybridized carbons (Fsp3) is 0.400. The minimum atomic E-state index is -3.63. The molecule has 3 nitrogen and oxygen atoms in total. The van der Waals surface area contributed by atoms with Crippen LogP contribution in [0.2, 0.25) is 0 Å². The number of aryl methyl sites for hydroxylation is 1. The number of alkyl halides is 2. The predicted molar refractivity (Wildman–Crippen MR) is 110 cm³/mol. The van der Waals surface area contributed by atoms with Crippen molar-refractivity contribution in [2.75, 3.05) is 17.8 Å². The molecule has 2 rings (SSSR count). The zero-order chi connectivity index (χ0) is 20.2. The molecule has 146 valence electrons. The van der Waals surface area contributed by atoms with Crippen molar-refractivity contribution in [3.8, 4) is 0 Å². The molecule has 0 bridgehead atoms. The smallest absolute Gasteiger partial charge is 0.317 e. The molecular formula is C20H24F2N2OS2. The second-order valence-corrected chi connectivity index (χ2v) is 8.32. The molecule has 1 aromatic carbocycles. The van der Waals surface area contributed by atoms with E-state index in [4.69, 9.17) is 0 Å². The maximum Gasteiger partial charge on any atom is 0.350 e. The maximum absolute atomic E-state index is 14.7. The molecule has 27 heavy (non-hydrogen) atoms. The lowest BCUT2D eigenvalue weighted by Gasteiger charge is -2.19. The van der Waals surface area contributed by atoms with Crippen LogP contribution in [-0.2, 0) is 17.1 Å². The second-order valence-electron chi connectivity index (χ2n) is 6.67. The summed E-state index contributed by atoms with van der Waals surface area (Å²) in [5.74, 6) is -4.55. The number of amides is 1. The van der Waals surface area contributed by atoms with Crippen LogP contribution < -0.4 is 5.32 Å². The lowest BCUT2D eigenvalue weighted by atomic mass is 9.99. The van der Waals surface area contributed by atoms with Crippen molar-refractivity contribution in [1.29, 1.82) is 0 Å². The molecule has 0 atom stereocenters. The van der Waals surface area contributed by atoms with Crippen molar-refractivity contribution in [3.05, 3.63) is 47.2 Å². The number of rotatable bonds is 7. The number of carbonyl (C=O) groups excluding carboxylic acids is 1. The van der Waals surface area contributed by atoms with Gasteiger partial charge >= 0.3 is 5.92 Å². The summed E-state index contributed by atoms with van der Waals surface area (Å²) in [6, 6.07) is 7.75. The van der Waals surface area contributed by atoms with E-state index < -0.39 is 11.8 Å². The predicted octanol–water partition coefficient (Wildman–Crippen LogP) is 5.76. The van der Waals surface area contributed by atoms with E-state index in [1.165, 1.54) is 35.7 Å². The number of benzene rings is 1. The number of aromatic nitrogens is 1. The molecule has 0 radical (unpaired) electrons. The average Bonchev–Trinajstić information content (AvgIpc) is 2.62. The highest BCUT2D eigenvalue weighted by molar-refractivity contribution is 7.99. The van der Waals surface area contributed by atoms with Gasteiger partial charge in [0.2, 0.25) is 0 Å². The molecule has 7 heteroatoms. The third-order valence-corrected chi connectivity index (χ3v) is 5.42. The van der Waals surface area contributed by atoms with Crippen molar-refractivity contribution in [2.45, 2.75) is 43.0 Å². The number of anilines is 1. The Labute approximate surface area is 167 Å². The van der Waals surface area contributed by atoms with Crippen LogP contribution in [0, 0.1) is 12.8 Å². The van der Waals surface area contributed by atoms with Gasteiger partial charge in [0.15, 0.2) is 0 Å². The molecule has 2 aromatic rings. The largest absolute Gasteiger partial charge is 0.350 e. The Hall–Kier alpha value is -1.60. The molecule has 0 aliphatic rings. The summed E-state index contributed by atoms with van der Waals surface area (Å²) in [5, 5.41) is 2.92. The fourth-order valence-corrected chi connectivity index (χ4v) is 3.99. The fourth-order valence-electron chi connectivity index (χ4n) is 2.68. The number of pyridine rings is 1. The first kappa shape index (κ1) is 21.7. The van der Waals surface area contributed by atoms with E-state index in [2.05, 4.69) is 24.1 Å². The standard InChI is InChI=1S/C20H24F2N2OS2/c1-12(2)10-14-6-8-15(9-7-14)20(21,22)19(25)24-17-16(26-4)11-13(3)23-18(17)27-5/h6-9,11-12H,10H2,1-5H3,(H,24,25). The zero-order valence-electron chi connectivity index (χ0n) is 16.1. The first-order chi connectivity index (χ1) is 12.7. The van der Waals surface area contributed by atoms with Gasteiger partial charge < -0.3 is 5.32 Å². The summed E-state index contributed by atoms with van der Waals surface area (Å²) < 4.78 is 29.5. The third-order valence-electron chi connectivity index (χ3n) is 3.98. The lowest BCUT2D eigenvalue weighted by molar-refractivity contribution is -0.141. The van der Waals surface area contributed by atoms with Crippen LogP contribution >= 0.6 is 23.5 Å². The minimum absolute atomic E-state index is 0.316. The number of nitrogens with zero attached hydrogens (tertiary/aromatic N) is 1. The van der Waals surface area contributed by atoms with Crippen molar-refractivity contribution < 1.29 is 13.6 Å². The van der Waals surface area contributed by atoms with Gasteiger partial charge in [0.05, 0.1) is 5.69 Å². The van der Waals surface area contributed by atoms with Gasteiger partial charge in [0.1, 0.15) is 5.03 Å². The summed E-state index contributed by atoms with van der Waals surface area (Å²) in [7, 11) is 0. The van der Waals surface area contributed by atoms with Crippen LogP contribution in [0.25, 0.3) is 0 Å². The number of thioether (sulfide) groups is 2. The molecule has 0 fully saturated rings. The summed E-state index contributed by atoms with van der Waals surface area (Å²) in [5.41, 5.74) is 1.77. The van der Waals surface area contributed by atoms with Gasteiger partial charge in [-0.25, -0.2) is 4.98 Å². The molecule has 0 aliphatic heterocycles. The van der Waals surface area contributed by atoms with Gasteiger partial charge in [-0.1, -0.05) is 38.1 Å². The van der Waals surface area contributed by atoms with E-state index in [0.717, 1.165) is 17.7 Å². The highest BCUT2D eigenvalue weighted by Crippen LogP contribution is 2.36. The van der Waals surface area contributed by atoms with Gasteiger partial charge in [0, 0.05) is 16.2 Å². The van der Waals surface area contributed by atoms with Crippen molar-refractivity contribution in [2.24, 2.45) is 5.92 Å². The second kappa shape index (κ2) is 9.06. The van der Waals surface area contributed by atoms with Crippen LogP contribution in [-0.4, -0.2) is 23.4 Å². The summed E-state index contributed by atoms with van der Waals surface area (Å²) in [6.45, 7) is 5.97. The van der Waals surface area contributed by atoms with Gasteiger partial charge in [-0.05, 0) is 43.4 Å². The molecule has 1 N–H and O–H groups in total. The van der Waals surface area contributed by atoms with Crippen molar-refractivity contribution in [3.63, 3.8) is 0 Å². The Morgan fingerprint density at radius 1 is 1.19 bits per heavy atom. The van der Waals surface area contributed by atoms with Crippen LogP contribution in [0.5, 0.6) is 0 Å². The van der Waals surface area contributed by atoms with Crippen LogP contribution in [0.1, 0.15) is 30.7 Å². The Morgan fingerprint density at radius 3 is 2.33 bits per heavy atom. The first-order valence-electron chi connectivity index (χ1n) is 8.57.